The Bertz CT molecular complexity index is 378. The molecular weight excluding hydrogens is 257 g/mol. The molecule has 1 aliphatic rings. The SMILES string of the molecule is CC(NC1CCCOC1)c1ccc(Cl)cc1Cl. The number of halogens is 2. The summed E-state index contributed by atoms with van der Waals surface area (Å²) in [5.74, 6) is 0. The Hall–Kier alpha value is -0.280. The van der Waals surface area contributed by atoms with Crippen LogP contribution in [0, 0.1) is 0 Å². The van der Waals surface area contributed by atoms with Gasteiger partial charge in [-0.1, -0.05) is 29.3 Å². The summed E-state index contributed by atoms with van der Waals surface area (Å²) < 4.78 is 5.45. The van der Waals surface area contributed by atoms with E-state index in [4.69, 9.17) is 27.9 Å². The Morgan fingerprint density at radius 3 is 2.88 bits per heavy atom. The molecule has 0 saturated carbocycles. The van der Waals surface area contributed by atoms with Gasteiger partial charge in [-0.3, -0.25) is 0 Å². The molecule has 1 saturated heterocycles. The van der Waals surface area contributed by atoms with Crippen molar-refractivity contribution in [3.63, 3.8) is 0 Å². The zero-order valence-corrected chi connectivity index (χ0v) is 11.4. The minimum absolute atomic E-state index is 0.214. The Morgan fingerprint density at radius 2 is 2.24 bits per heavy atom. The van der Waals surface area contributed by atoms with E-state index in [-0.39, 0.29) is 6.04 Å². The summed E-state index contributed by atoms with van der Waals surface area (Å²) in [5.41, 5.74) is 1.08. The molecule has 0 aromatic heterocycles. The average Bonchev–Trinajstić information content (AvgIpc) is 2.30. The second kappa shape index (κ2) is 6.05. The Labute approximate surface area is 112 Å². The van der Waals surface area contributed by atoms with Gasteiger partial charge >= 0.3 is 0 Å². The third-order valence-electron chi connectivity index (χ3n) is 3.08. The molecule has 0 radical (unpaired) electrons. The van der Waals surface area contributed by atoms with E-state index in [0.29, 0.717) is 16.1 Å². The fourth-order valence-electron chi connectivity index (χ4n) is 2.17. The third kappa shape index (κ3) is 3.59. The van der Waals surface area contributed by atoms with Crippen LogP contribution in [0.5, 0.6) is 0 Å². The van der Waals surface area contributed by atoms with Crippen molar-refractivity contribution in [2.75, 3.05) is 13.2 Å². The second-order valence-corrected chi connectivity index (χ2v) is 5.31. The van der Waals surface area contributed by atoms with Crippen molar-refractivity contribution in [2.24, 2.45) is 0 Å². The number of hydrogen-bond donors (Lipinski definition) is 1. The van der Waals surface area contributed by atoms with Crippen molar-refractivity contribution < 1.29 is 4.74 Å². The molecule has 2 unspecified atom stereocenters. The van der Waals surface area contributed by atoms with Gasteiger partial charge in [-0.25, -0.2) is 0 Å². The first-order chi connectivity index (χ1) is 8.16. The molecule has 94 valence electrons. The molecule has 0 spiro atoms. The number of ether oxygens (including phenoxy) is 1. The predicted molar refractivity (Wildman–Crippen MR) is 71.9 cm³/mol. The van der Waals surface area contributed by atoms with Gasteiger partial charge < -0.3 is 10.1 Å². The van der Waals surface area contributed by atoms with Crippen molar-refractivity contribution >= 4 is 23.2 Å². The Morgan fingerprint density at radius 1 is 1.41 bits per heavy atom. The Kier molecular flexibility index (Phi) is 4.69. The van der Waals surface area contributed by atoms with E-state index in [1.54, 1.807) is 6.07 Å². The van der Waals surface area contributed by atoms with Gasteiger partial charge in [0.25, 0.3) is 0 Å². The van der Waals surface area contributed by atoms with Gasteiger partial charge in [-0.05, 0) is 37.5 Å². The first kappa shape index (κ1) is 13.2. The summed E-state index contributed by atoms with van der Waals surface area (Å²) in [7, 11) is 0. The summed E-state index contributed by atoms with van der Waals surface area (Å²) >= 11 is 12.1. The minimum atomic E-state index is 0.214. The van der Waals surface area contributed by atoms with Gasteiger partial charge in [0, 0.05) is 28.7 Å². The average molecular weight is 274 g/mol. The summed E-state index contributed by atoms with van der Waals surface area (Å²) in [5, 5.41) is 4.93. The van der Waals surface area contributed by atoms with Crippen molar-refractivity contribution in [3.05, 3.63) is 33.8 Å². The van der Waals surface area contributed by atoms with Crippen LogP contribution in [0.4, 0.5) is 0 Å². The molecule has 4 heteroatoms. The highest BCUT2D eigenvalue weighted by Crippen LogP contribution is 2.26. The quantitative estimate of drug-likeness (QED) is 0.904. The van der Waals surface area contributed by atoms with E-state index in [0.717, 1.165) is 31.6 Å². The van der Waals surface area contributed by atoms with Crippen LogP contribution in [-0.4, -0.2) is 19.3 Å². The van der Waals surface area contributed by atoms with Crippen LogP contribution >= 0.6 is 23.2 Å². The van der Waals surface area contributed by atoms with E-state index in [1.807, 2.05) is 12.1 Å². The molecule has 1 aliphatic heterocycles. The first-order valence-corrected chi connectivity index (χ1v) is 6.71. The smallest absolute Gasteiger partial charge is 0.0619 e. The fraction of sp³-hybridized carbons (Fsp3) is 0.538. The lowest BCUT2D eigenvalue weighted by atomic mass is 10.0. The highest BCUT2D eigenvalue weighted by atomic mass is 35.5. The van der Waals surface area contributed by atoms with Crippen LogP contribution < -0.4 is 5.32 Å². The van der Waals surface area contributed by atoms with Crippen LogP contribution in [-0.2, 0) is 4.74 Å². The molecule has 1 aromatic rings. The maximum atomic E-state index is 6.19. The topological polar surface area (TPSA) is 21.3 Å². The van der Waals surface area contributed by atoms with Gasteiger partial charge in [0.1, 0.15) is 0 Å². The highest BCUT2D eigenvalue weighted by Gasteiger charge is 2.18. The van der Waals surface area contributed by atoms with E-state index in [1.165, 1.54) is 0 Å². The lowest BCUT2D eigenvalue weighted by molar-refractivity contribution is 0.0671. The fourth-order valence-corrected chi connectivity index (χ4v) is 2.74. The summed E-state index contributed by atoms with van der Waals surface area (Å²) in [6.07, 6.45) is 2.29. The summed E-state index contributed by atoms with van der Waals surface area (Å²) in [4.78, 5) is 0. The van der Waals surface area contributed by atoms with Crippen molar-refractivity contribution in [2.45, 2.75) is 31.8 Å². The standard InChI is InChI=1S/C13H17Cl2NO/c1-9(16-11-3-2-6-17-8-11)12-5-4-10(14)7-13(12)15/h4-5,7,9,11,16H,2-3,6,8H2,1H3. The molecule has 1 fully saturated rings. The van der Waals surface area contributed by atoms with E-state index >= 15 is 0 Å². The molecule has 2 rings (SSSR count). The van der Waals surface area contributed by atoms with E-state index in [2.05, 4.69) is 12.2 Å². The lowest BCUT2D eigenvalue weighted by Gasteiger charge is -2.27. The molecule has 0 bridgehead atoms. The molecule has 2 nitrogen and oxygen atoms in total. The zero-order valence-electron chi connectivity index (χ0n) is 9.88. The van der Waals surface area contributed by atoms with Gasteiger partial charge in [-0.15, -0.1) is 0 Å². The molecule has 2 atom stereocenters. The Balaban J connectivity index is 2.00. The summed E-state index contributed by atoms with van der Waals surface area (Å²) in [6.45, 7) is 3.79. The maximum absolute atomic E-state index is 6.19. The number of hydrogen-bond acceptors (Lipinski definition) is 2. The van der Waals surface area contributed by atoms with Gasteiger partial charge in [0.2, 0.25) is 0 Å². The molecule has 17 heavy (non-hydrogen) atoms. The minimum Gasteiger partial charge on any atom is -0.380 e. The second-order valence-electron chi connectivity index (χ2n) is 4.47. The molecule has 0 aliphatic carbocycles. The van der Waals surface area contributed by atoms with Crippen LogP contribution in [0.1, 0.15) is 31.4 Å². The van der Waals surface area contributed by atoms with Crippen LogP contribution in [0.15, 0.2) is 18.2 Å². The van der Waals surface area contributed by atoms with E-state index in [9.17, 15) is 0 Å². The van der Waals surface area contributed by atoms with Crippen molar-refractivity contribution in [1.29, 1.82) is 0 Å². The highest BCUT2D eigenvalue weighted by molar-refractivity contribution is 6.35. The summed E-state index contributed by atoms with van der Waals surface area (Å²) in [6, 6.07) is 6.27. The first-order valence-electron chi connectivity index (χ1n) is 5.95. The zero-order chi connectivity index (χ0) is 12.3. The molecule has 1 heterocycles. The van der Waals surface area contributed by atoms with Crippen LogP contribution in [0.25, 0.3) is 0 Å². The van der Waals surface area contributed by atoms with Crippen LogP contribution in [0.2, 0.25) is 10.0 Å². The van der Waals surface area contributed by atoms with Gasteiger partial charge in [-0.2, -0.15) is 0 Å². The van der Waals surface area contributed by atoms with Crippen molar-refractivity contribution in [3.8, 4) is 0 Å². The number of nitrogens with one attached hydrogen (secondary N) is 1. The molecule has 1 N–H and O–H groups in total. The van der Waals surface area contributed by atoms with Gasteiger partial charge in [0.05, 0.1) is 6.61 Å². The number of rotatable bonds is 3. The maximum Gasteiger partial charge on any atom is 0.0619 e. The monoisotopic (exact) mass is 273 g/mol. The third-order valence-corrected chi connectivity index (χ3v) is 3.64. The van der Waals surface area contributed by atoms with E-state index < -0.39 is 0 Å². The largest absolute Gasteiger partial charge is 0.380 e. The van der Waals surface area contributed by atoms with Gasteiger partial charge in [0.15, 0.2) is 0 Å². The normalized spacial score (nSPS) is 22.4. The lowest BCUT2D eigenvalue weighted by Crippen LogP contribution is -2.38. The van der Waals surface area contributed by atoms with Crippen molar-refractivity contribution in [1.82, 2.24) is 5.32 Å². The number of benzene rings is 1. The molecular formula is C13H17Cl2NO. The predicted octanol–water partition coefficient (Wildman–Crippen LogP) is 3.82. The molecule has 0 amide bonds. The van der Waals surface area contributed by atoms with Crippen LogP contribution in [0.3, 0.4) is 0 Å². The molecule has 1 aromatic carbocycles.